The van der Waals surface area contributed by atoms with Crippen LogP contribution < -0.4 is 11.1 Å². The Morgan fingerprint density at radius 3 is 2.75 bits per heavy atom. The zero-order valence-corrected chi connectivity index (χ0v) is 11.1. The average Bonchev–Trinajstić information content (AvgIpc) is 2.96. The van der Waals surface area contributed by atoms with E-state index < -0.39 is 5.97 Å². The van der Waals surface area contributed by atoms with Crippen molar-refractivity contribution in [3.05, 3.63) is 29.8 Å². The molecule has 2 rings (SSSR count). The van der Waals surface area contributed by atoms with Gasteiger partial charge in [-0.3, -0.25) is 4.79 Å². The van der Waals surface area contributed by atoms with E-state index in [9.17, 15) is 9.59 Å². The number of amides is 1. The predicted molar refractivity (Wildman–Crippen MR) is 73.1 cm³/mol. The third-order valence-electron chi connectivity index (χ3n) is 3.03. The molecule has 20 heavy (non-hydrogen) atoms. The summed E-state index contributed by atoms with van der Waals surface area (Å²) < 4.78 is 10.3. The summed E-state index contributed by atoms with van der Waals surface area (Å²) in [4.78, 5) is 23.2. The number of carbonyl (C=O) groups excluding carboxylic acids is 2. The molecule has 6 nitrogen and oxygen atoms in total. The topological polar surface area (TPSA) is 90.7 Å². The maximum absolute atomic E-state index is 11.7. The van der Waals surface area contributed by atoms with Gasteiger partial charge in [0.25, 0.3) is 5.91 Å². The molecule has 108 valence electrons. The molecule has 0 saturated carbocycles. The minimum absolute atomic E-state index is 0.0757. The van der Waals surface area contributed by atoms with Gasteiger partial charge in [0.15, 0.2) is 6.61 Å². The quantitative estimate of drug-likeness (QED) is 0.612. The van der Waals surface area contributed by atoms with E-state index >= 15 is 0 Å². The number of rotatable bonds is 5. The zero-order chi connectivity index (χ0) is 14.4. The van der Waals surface area contributed by atoms with E-state index in [0.717, 1.165) is 19.4 Å². The molecule has 1 unspecified atom stereocenters. The Balaban J connectivity index is 1.69. The van der Waals surface area contributed by atoms with Crippen molar-refractivity contribution in [2.24, 2.45) is 0 Å². The van der Waals surface area contributed by atoms with Crippen molar-refractivity contribution < 1.29 is 19.1 Å². The highest BCUT2D eigenvalue weighted by Gasteiger charge is 2.16. The van der Waals surface area contributed by atoms with Crippen LogP contribution in [-0.4, -0.2) is 37.7 Å². The van der Waals surface area contributed by atoms with Crippen molar-refractivity contribution in [1.29, 1.82) is 0 Å². The molecular formula is C14H18N2O4. The van der Waals surface area contributed by atoms with E-state index in [0.29, 0.717) is 17.8 Å². The fraction of sp³-hybridized carbons (Fsp3) is 0.429. The van der Waals surface area contributed by atoms with E-state index in [1.54, 1.807) is 24.3 Å². The van der Waals surface area contributed by atoms with Gasteiger partial charge in [0.1, 0.15) is 0 Å². The van der Waals surface area contributed by atoms with E-state index in [2.05, 4.69) is 5.32 Å². The van der Waals surface area contributed by atoms with Gasteiger partial charge in [-0.1, -0.05) is 0 Å². The summed E-state index contributed by atoms with van der Waals surface area (Å²) in [5, 5.41) is 2.68. The Hall–Kier alpha value is -2.08. The first-order valence-electron chi connectivity index (χ1n) is 6.56. The number of nitrogens with two attached hydrogens (primary N) is 1. The van der Waals surface area contributed by atoms with Crippen molar-refractivity contribution in [1.82, 2.24) is 5.32 Å². The van der Waals surface area contributed by atoms with Crippen molar-refractivity contribution >= 4 is 17.6 Å². The van der Waals surface area contributed by atoms with E-state index in [4.69, 9.17) is 15.2 Å². The van der Waals surface area contributed by atoms with Crippen molar-refractivity contribution in [2.45, 2.75) is 18.9 Å². The molecule has 0 bridgehead atoms. The Morgan fingerprint density at radius 1 is 1.35 bits per heavy atom. The Bertz CT molecular complexity index is 467. The summed E-state index contributed by atoms with van der Waals surface area (Å²) in [6.45, 7) is 0.904. The number of carbonyl (C=O) groups is 2. The van der Waals surface area contributed by atoms with Gasteiger partial charge >= 0.3 is 5.97 Å². The standard InChI is InChI=1S/C14H18N2O4/c15-11-5-3-10(4-6-11)14(18)20-9-13(17)16-8-12-2-1-7-19-12/h3-6,12H,1-2,7-9,15H2,(H,16,17). The maximum atomic E-state index is 11.7. The third-order valence-corrected chi connectivity index (χ3v) is 3.03. The van der Waals surface area contributed by atoms with Crippen LogP contribution in [0.1, 0.15) is 23.2 Å². The summed E-state index contributed by atoms with van der Waals surface area (Å²) in [5.74, 6) is -0.874. The largest absolute Gasteiger partial charge is 0.452 e. The Labute approximate surface area is 117 Å². The molecule has 0 radical (unpaired) electrons. The highest BCUT2D eigenvalue weighted by molar-refractivity contribution is 5.91. The van der Waals surface area contributed by atoms with E-state index in [1.165, 1.54) is 0 Å². The fourth-order valence-electron chi connectivity index (χ4n) is 1.92. The first kappa shape index (κ1) is 14.3. The lowest BCUT2D eigenvalue weighted by Crippen LogP contribution is -2.34. The van der Waals surface area contributed by atoms with Gasteiger partial charge in [-0.25, -0.2) is 4.79 Å². The molecule has 0 aromatic heterocycles. The summed E-state index contributed by atoms with van der Waals surface area (Å²) in [7, 11) is 0. The first-order chi connectivity index (χ1) is 9.65. The lowest BCUT2D eigenvalue weighted by molar-refractivity contribution is -0.124. The molecule has 1 atom stereocenters. The molecule has 0 aliphatic carbocycles. The Kier molecular flexibility index (Phi) is 4.95. The minimum Gasteiger partial charge on any atom is -0.452 e. The predicted octanol–water partition coefficient (Wildman–Crippen LogP) is 0.721. The Morgan fingerprint density at radius 2 is 2.10 bits per heavy atom. The molecule has 6 heteroatoms. The van der Waals surface area contributed by atoms with Crippen LogP contribution >= 0.6 is 0 Å². The molecule has 1 aliphatic heterocycles. The molecule has 1 aromatic rings. The lowest BCUT2D eigenvalue weighted by Gasteiger charge is -2.11. The molecule has 1 saturated heterocycles. The summed E-state index contributed by atoms with van der Waals surface area (Å²) in [5.41, 5.74) is 6.45. The molecule has 1 aliphatic rings. The van der Waals surface area contributed by atoms with E-state index in [1.807, 2.05) is 0 Å². The molecule has 1 aromatic carbocycles. The highest BCUT2D eigenvalue weighted by atomic mass is 16.5. The first-order valence-corrected chi connectivity index (χ1v) is 6.56. The molecule has 3 N–H and O–H groups in total. The number of ether oxygens (including phenoxy) is 2. The van der Waals surface area contributed by atoms with Crippen molar-refractivity contribution in [3.8, 4) is 0 Å². The van der Waals surface area contributed by atoms with Crippen molar-refractivity contribution in [3.63, 3.8) is 0 Å². The summed E-state index contributed by atoms with van der Waals surface area (Å²) in [6, 6.07) is 6.33. The average molecular weight is 278 g/mol. The maximum Gasteiger partial charge on any atom is 0.338 e. The normalized spacial score (nSPS) is 17.7. The van der Waals surface area contributed by atoms with Gasteiger partial charge in [-0.2, -0.15) is 0 Å². The van der Waals surface area contributed by atoms with Crippen molar-refractivity contribution in [2.75, 3.05) is 25.5 Å². The number of benzene rings is 1. The van der Waals surface area contributed by atoms with Crippen LogP contribution in [0, 0.1) is 0 Å². The lowest BCUT2D eigenvalue weighted by atomic mass is 10.2. The number of nitrogen functional groups attached to an aromatic ring is 1. The second kappa shape index (κ2) is 6.91. The molecular weight excluding hydrogens is 260 g/mol. The second-order valence-electron chi connectivity index (χ2n) is 4.64. The zero-order valence-electron chi connectivity index (χ0n) is 11.1. The van der Waals surface area contributed by atoms with Crippen LogP contribution in [0.5, 0.6) is 0 Å². The van der Waals surface area contributed by atoms with Crippen LogP contribution in [0.15, 0.2) is 24.3 Å². The highest BCUT2D eigenvalue weighted by Crippen LogP contribution is 2.10. The number of nitrogens with one attached hydrogen (secondary N) is 1. The molecule has 1 fully saturated rings. The van der Waals surface area contributed by atoms with Crippen LogP contribution in [0.25, 0.3) is 0 Å². The number of hydrogen-bond donors (Lipinski definition) is 2. The van der Waals surface area contributed by atoms with Crippen LogP contribution in [0.3, 0.4) is 0 Å². The molecule has 1 heterocycles. The number of anilines is 1. The van der Waals surface area contributed by atoms with Gasteiger partial charge in [0, 0.05) is 18.8 Å². The third kappa shape index (κ3) is 4.24. The van der Waals surface area contributed by atoms with Crippen LogP contribution in [0.4, 0.5) is 5.69 Å². The minimum atomic E-state index is -0.544. The second-order valence-corrected chi connectivity index (χ2v) is 4.64. The van der Waals surface area contributed by atoms with Gasteiger partial charge < -0.3 is 20.5 Å². The van der Waals surface area contributed by atoms with E-state index in [-0.39, 0.29) is 18.6 Å². The van der Waals surface area contributed by atoms with Crippen LogP contribution in [0.2, 0.25) is 0 Å². The van der Waals surface area contributed by atoms with Gasteiger partial charge in [0.05, 0.1) is 11.7 Å². The van der Waals surface area contributed by atoms with Gasteiger partial charge in [0.2, 0.25) is 0 Å². The van der Waals surface area contributed by atoms with Gasteiger partial charge in [-0.05, 0) is 37.1 Å². The smallest absolute Gasteiger partial charge is 0.338 e. The molecule has 1 amide bonds. The number of esters is 1. The monoisotopic (exact) mass is 278 g/mol. The fourth-order valence-corrected chi connectivity index (χ4v) is 1.92. The summed E-state index contributed by atoms with van der Waals surface area (Å²) >= 11 is 0. The number of hydrogen-bond acceptors (Lipinski definition) is 5. The van der Waals surface area contributed by atoms with Crippen LogP contribution in [-0.2, 0) is 14.3 Å². The SMILES string of the molecule is Nc1ccc(C(=O)OCC(=O)NCC2CCCO2)cc1. The summed E-state index contributed by atoms with van der Waals surface area (Å²) in [6.07, 6.45) is 2.05. The van der Waals surface area contributed by atoms with Gasteiger partial charge in [-0.15, -0.1) is 0 Å². The molecule has 0 spiro atoms.